The second-order valence-electron chi connectivity index (χ2n) is 3.61. The quantitative estimate of drug-likeness (QED) is 0.946. The number of hydrogen-bond acceptors (Lipinski definition) is 4. The molecular weight excluding hydrogens is 293 g/mol. The van der Waals surface area contributed by atoms with E-state index in [4.69, 9.17) is 23.2 Å². The zero-order valence-electron chi connectivity index (χ0n) is 9.35. The van der Waals surface area contributed by atoms with Crippen molar-refractivity contribution in [2.45, 2.75) is 13.0 Å². The Morgan fingerprint density at radius 2 is 1.94 bits per heavy atom. The first kappa shape index (κ1) is 13.3. The number of carbonyl (C=O) groups excluding carboxylic acids is 1. The van der Waals surface area contributed by atoms with Crippen LogP contribution in [0.25, 0.3) is 0 Å². The molecule has 1 unspecified atom stereocenters. The third-order valence-corrected chi connectivity index (χ3v) is 3.58. The van der Waals surface area contributed by atoms with Gasteiger partial charge in [-0.1, -0.05) is 35.1 Å². The molecule has 1 atom stereocenters. The maximum absolute atomic E-state index is 11.8. The van der Waals surface area contributed by atoms with E-state index in [0.29, 0.717) is 5.02 Å². The molecule has 18 heavy (non-hydrogen) atoms. The van der Waals surface area contributed by atoms with Crippen molar-refractivity contribution in [2.75, 3.05) is 0 Å². The van der Waals surface area contributed by atoms with Gasteiger partial charge in [0.25, 0.3) is 5.91 Å². The predicted octanol–water partition coefficient (Wildman–Crippen LogP) is 3.34. The van der Waals surface area contributed by atoms with Gasteiger partial charge in [0.05, 0.1) is 6.04 Å². The highest BCUT2D eigenvalue weighted by atomic mass is 35.5. The highest BCUT2D eigenvalue weighted by Crippen LogP contribution is 2.18. The summed E-state index contributed by atoms with van der Waals surface area (Å²) in [5.41, 5.74) is 0.961. The molecule has 0 fully saturated rings. The van der Waals surface area contributed by atoms with Gasteiger partial charge in [0.2, 0.25) is 9.47 Å². The maximum atomic E-state index is 11.8. The normalized spacial score (nSPS) is 12.2. The molecule has 1 aromatic carbocycles. The molecule has 0 radical (unpaired) electrons. The first-order valence-corrected chi connectivity index (χ1v) is 6.69. The van der Waals surface area contributed by atoms with Gasteiger partial charge in [-0.3, -0.25) is 4.79 Å². The van der Waals surface area contributed by atoms with E-state index < -0.39 is 0 Å². The number of rotatable bonds is 3. The molecular formula is C11H9Cl2N3OS. The molecule has 2 aromatic rings. The van der Waals surface area contributed by atoms with Crippen LogP contribution >= 0.6 is 34.5 Å². The van der Waals surface area contributed by atoms with Crippen LogP contribution < -0.4 is 5.32 Å². The monoisotopic (exact) mass is 301 g/mol. The summed E-state index contributed by atoms with van der Waals surface area (Å²) in [6.07, 6.45) is 0. The molecule has 1 amide bonds. The summed E-state index contributed by atoms with van der Waals surface area (Å²) in [6, 6.07) is 7.14. The van der Waals surface area contributed by atoms with Crippen molar-refractivity contribution in [2.24, 2.45) is 0 Å². The van der Waals surface area contributed by atoms with E-state index in [0.717, 1.165) is 16.9 Å². The molecule has 4 nitrogen and oxygen atoms in total. The molecule has 7 heteroatoms. The van der Waals surface area contributed by atoms with E-state index in [1.807, 2.05) is 19.1 Å². The Morgan fingerprint density at radius 1 is 1.28 bits per heavy atom. The second kappa shape index (κ2) is 5.65. The SMILES string of the molecule is CC(NC(=O)c1nnc(Cl)s1)c1ccc(Cl)cc1. The number of halogens is 2. The smallest absolute Gasteiger partial charge is 0.282 e. The Bertz CT molecular complexity index is 556. The molecule has 0 saturated carbocycles. The van der Waals surface area contributed by atoms with Gasteiger partial charge in [0, 0.05) is 5.02 Å². The van der Waals surface area contributed by atoms with Crippen LogP contribution in [-0.2, 0) is 0 Å². The van der Waals surface area contributed by atoms with Crippen LogP contribution in [0.15, 0.2) is 24.3 Å². The molecule has 0 saturated heterocycles. The number of nitrogens with zero attached hydrogens (tertiary/aromatic N) is 2. The summed E-state index contributed by atoms with van der Waals surface area (Å²) in [5, 5.41) is 11.0. The third-order valence-electron chi connectivity index (χ3n) is 2.31. The lowest BCUT2D eigenvalue weighted by Crippen LogP contribution is -2.26. The summed E-state index contributed by atoms with van der Waals surface area (Å²) >= 11 is 12.5. The van der Waals surface area contributed by atoms with Crippen molar-refractivity contribution in [1.82, 2.24) is 15.5 Å². The average Bonchev–Trinajstić information content (AvgIpc) is 2.76. The van der Waals surface area contributed by atoms with Crippen molar-refractivity contribution in [3.05, 3.63) is 44.3 Å². The van der Waals surface area contributed by atoms with Crippen molar-refractivity contribution in [1.29, 1.82) is 0 Å². The fourth-order valence-corrected chi connectivity index (χ4v) is 2.25. The zero-order chi connectivity index (χ0) is 13.1. The maximum Gasteiger partial charge on any atom is 0.282 e. The van der Waals surface area contributed by atoms with Crippen molar-refractivity contribution < 1.29 is 4.79 Å². The average molecular weight is 302 g/mol. The van der Waals surface area contributed by atoms with Gasteiger partial charge in [-0.2, -0.15) is 0 Å². The minimum atomic E-state index is -0.290. The fourth-order valence-electron chi connectivity index (χ4n) is 1.39. The van der Waals surface area contributed by atoms with E-state index in [-0.39, 0.29) is 21.4 Å². The summed E-state index contributed by atoms with van der Waals surface area (Å²) in [6.45, 7) is 1.88. The number of carbonyl (C=O) groups is 1. The van der Waals surface area contributed by atoms with Crippen LogP contribution in [0.4, 0.5) is 0 Å². The van der Waals surface area contributed by atoms with E-state index in [2.05, 4.69) is 15.5 Å². The number of aromatic nitrogens is 2. The molecule has 1 aromatic heterocycles. The Kier molecular flexibility index (Phi) is 4.16. The second-order valence-corrected chi connectivity index (χ2v) is 5.60. The van der Waals surface area contributed by atoms with E-state index in [1.165, 1.54) is 0 Å². The first-order chi connectivity index (χ1) is 8.56. The van der Waals surface area contributed by atoms with Crippen LogP contribution in [0.3, 0.4) is 0 Å². The Morgan fingerprint density at radius 3 is 2.50 bits per heavy atom. The number of amides is 1. The summed E-state index contributed by atoms with van der Waals surface area (Å²) < 4.78 is 0.249. The van der Waals surface area contributed by atoms with E-state index >= 15 is 0 Å². The van der Waals surface area contributed by atoms with Gasteiger partial charge in [-0.05, 0) is 36.2 Å². The minimum Gasteiger partial charge on any atom is -0.343 e. The van der Waals surface area contributed by atoms with Crippen LogP contribution in [0.1, 0.15) is 28.3 Å². The van der Waals surface area contributed by atoms with Gasteiger partial charge in [0.1, 0.15) is 0 Å². The Hall–Kier alpha value is -1.17. The van der Waals surface area contributed by atoms with E-state index in [1.54, 1.807) is 12.1 Å². The van der Waals surface area contributed by atoms with Gasteiger partial charge in [-0.25, -0.2) is 0 Å². The zero-order valence-corrected chi connectivity index (χ0v) is 11.7. The summed E-state index contributed by atoms with van der Waals surface area (Å²) in [4.78, 5) is 11.8. The molecule has 0 spiro atoms. The first-order valence-electron chi connectivity index (χ1n) is 5.11. The highest BCUT2D eigenvalue weighted by Gasteiger charge is 2.15. The largest absolute Gasteiger partial charge is 0.343 e. The lowest BCUT2D eigenvalue weighted by atomic mass is 10.1. The van der Waals surface area contributed by atoms with Crippen molar-refractivity contribution in [3.8, 4) is 0 Å². The van der Waals surface area contributed by atoms with Gasteiger partial charge >= 0.3 is 0 Å². The van der Waals surface area contributed by atoms with Gasteiger partial charge in [0.15, 0.2) is 0 Å². The van der Waals surface area contributed by atoms with Crippen molar-refractivity contribution >= 4 is 40.4 Å². The molecule has 0 aliphatic rings. The molecule has 2 rings (SSSR count). The summed E-state index contributed by atoms with van der Waals surface area (Å²) in [5.74, 6) is -0.290. The molecule has 0 aliphatic carbocycles. The predicted molar refractivity (Wildman–Crippen MR) is 72.3 cm³/mol. The standard InChI is InChI=1S/C11H9Cl2N3OS/c1-6(7-2-4-8(12)5-3-7)14-9(17)10-15-16-11(13)18-10/h2-6H,1H3,(H,14,17). The van der Waals surface area contributed by atoms with Crippen LogP contribution in [-0.4, -0.2) is 16.1 Å². The third kappa shape index (κ3) is 3.19. The highest BCUT2D eigenvalue weighted by molar-refractivity contribution is 7.17. The Labute approximate surface area is 118 Å². The number of hydrogen-bond donors (Lipinski definition) is 1. The lowest BCUT2D eigenvalue weighted by molar-refractivity contribution is 0.0939. The molecule has 0 bridgehead atoms. The fraction of sp³-hybridized carbons (Fsp3) is 0.182. The molecule has 0 aliphatic heterocycles. The van der Waals surface area contributed by atoms with E-state index in [9.17, 15) is 4.79 Å². The topological polar surface area (TPSA) is 54.9 Å². The molecule has 94 valence electrons. The van der Waals surface area contributed by atoms with Crippen LogP contribution in [0.5, 0.6) is 0 Å². The molecule has 1 heterocycles. The number of benzene rings is 1. The minimum absolute atomic E-state index is 0.141. The molecule has 1 N–H and O–H groups in total. The number of nitrogens with one attached hydrogen (secondary N) is 1. The Balaban J connectivity index is 2.05. The van der Waals surface area contributed by atoms with Crippen molar-refractivity contribution in [3.63, 3.8) is 0 Å². The van der Waals surface area contributed by atoms with Gasteiger partial charge in [-0.15, -0.1) is 10.2 Å². The lowest BCUT2D eigenvalue weighted by Gasteiger charge is -2.12. The van der Waals surface area contributed by atoms with Crippen LogP contribution in [0, 0.1) is 0 Å². The van der Waals surface area contributed by atoms with Crippen LogP contribution in [0.2, 0.25) is 9.49 Å². The summed E-state index contributed by atoms with van der Waals surface area (Å²) in [7, 11) is 0. The van der Waals surface area contributed by atoms with Gasteiger partial charge < -0.3 is 5.32 Å².